The van der Waals surface area contributed by atoms with E-state index in [1.165, 1.54) is 0 Å². The summed E-state index contributed by atoms with van der Waals surface area (Å²) in [4.78, 5) is 6.54. The van der Waals surface area contributed by atoms with Gasteiger partial charge in [-0.3, -0.25) is 0 Å². The van der Waals surface area contributed by atoms with Crippen LogP contribution in [0, 0.1) is 18.3 Å². The lowest BCUT2D eigenvalue weighted by atomic mass is 10.0. The zero-order valence-corrected chi connectivity index (χ0v) is 12.7. The van der Waals surface area contributed by atoms with Gasteiger partial charge in [0, 0.05) is 36.3 Å². The Balaban J connectivity index is 2.92. The van der Waals surface area contributed by atoms with Crippen LogP contribution in [0.4, 0.5) is 5.69 Å². The number of nitrogens with zero attached hydrogens (tertiary/aromatic N) is 3. The van der Waals surface area contributed by atoms with Crippen LogP contribution in [0.1, 0.15) is 11.3 Å². The first-order valence-electron chi connectivity index (χ1n) is 6.20. The third-order valence-corrected chi connectivity index (χ3v) is 3.63. The molecule has 1 heterocycles. The number of benzene rings is 1. The molecule has 0 aliphatic rings. The van der Waals surface area contributed by atoms with Crippen molar-refractivity contribution in [2.24, 2.45) is 0 Å². The summed E-state index contributed by atoms with van der Waals surface area (Å²) in [7, 11) is 5.50. The van der Waals surface area contributed by atoms with Crippen molar-refractivity contribution in [2.75, 3.05) is 26.1 Å². The van der Waals surface area contributed by atoms with Gasteiger partial charge in [-0.1, -0.05) is 11.6 Å². The van der Waals surface area contributed by atoms with E-state index in [9.17, 15) is 0 Å². The molecule has 0 aliphatic carbocycles. The third-order valence-electron chi connectivity index (χ3n) is 3.24. The van der Waals surface area contributed by atoms with E-state index in [4.69, 9.17) is 21.6 Å². The summed E-state index contributed by atoms with van der Waals surface area (Å²) in [5, 5.41) is 10.5. The van der Waals surface area contributed by atoms with E-state index >= 15 is 0 Å². The highest BCUT2D eigenvalue weighted by molar-refractivity contribution is 6.33. The molecule has 4 nitrogen and oxygen atoms in total. The second kappa shape index (κ2) is 5.56. The summed E-state index contributed by atoms with van der Waals surface area (Å²) in [6.07, 6.45) is 0.265. The molecule has 0 amide bonds. The number of halogens is 1. The number of anilines is 1. The number of rotatable bonds is 3. The first-order valence-corrected chi connectivity index (χ1v) is 6.58. The van der Waals surface area contributed by atoms with E-state index < -0.39 is 0 Å². The number of pyridine rings is 1. The summed E-state index contributed by atoms with van der Waals surface area (Å²) in [5.74, 6) is 0.624. The number of hydrogen-bond acceptors (Lipinski definition) is 4. The zero-order valence-electron chi connectivity index (χ0n) is 12.0. The Morgan fingerprint density at radius 3 is 2.65 bits per heavy atom. The Morgan fingerprint density at radius 1 is 1.40 bits per heavy atom. The fourth-order valence-corrected chi connectivity index (χ4v) is 2.42. The van der Waals surface area contributed by atoms with Gasteiger partial charge in [-0.15, -0.1) is 0 Å². The van der Waals surface area contributed by atoms with Gasteiger partial charge in [0.15, 0.2) is 0 Å². The summed E-state index contributed by atoms with van der Waals surface area (Å²) in [6, 6.07) is 5.82. The van der Waals surface area contributed by atoms with Crippen LogP contribution < -0.4 is 9.64 Å². The van der Waals surface area contributed by atoms with E-state index in [1.807, 2.05) is 32.0 Å². The molecule has 104 valence electrons. The van der Waals surface area contributed by atoms with E-state index in [2.05, 4.69) is 11.1 Å². The molecule has 0 saturated heterocycles. The van der Waals surface area contributed by atoms with Gasteiger partial charge in [-0.05, 0) is 18.6 Å². The first kappa shape index (κ1) is 14.4. The first-order chi connectivity index (χ1) is 9.49. The largest absolute Gasteiger partial charge is 0.494 e. The van der Waals surface area contributed by atoms with Crippen molar-refractivity contribution in [3.8, 4) is 11.8 Å². The molecule has 5 heteroatoms. The second-order valence-electron chi connectivity index (χ2n) is 4.77. The van der Waals surface area contributed by atoms with Crippen molar-refractivity contribution >= 4 is 28.2 Å². The molecule has 0 spiro atoms. The van der Waals surface area contributed by atoms with E-state index in [0.717, 1.165) is 27.8 Å². The Morgan fingerprint density at radius 2 is 2.10 bits per heavy atom. The van der Waals surface area contributed by atoms with Gasteiger partial charge >= 0.3 is 0 Å². The van der Waals surface area contributed by atoms with Gasteiger partial charge in [0.1, 0.15) is 11.3 Å². The minimum atomic E-state index is 0.265. The lowest BCUT2D eigenvalue weighted by Crippen LogP contribution is -2.11. The molecule has 1 aromatic carbocycles. The fraction of sp³-hybridized carbons (Fsp3) is 0.333. The highest BCUT2D eigenvalue weighted by Crippen LogP contribution is 2.38. The van der Waals surface area contributed by atoms with Gasteiger partial charge in [-0.25, -0.2) is 4.98 Å². The summed E-state index contributed by atoms with van der Waals surface area (Å²) in [5.41, 5.74) is 3.41. The standard InChI is InChI=1S/C15H16ClN3O/c1-9-11(16)8-13(20-4)15-14(9)12(19(2)3)7-10(18-15)5-6-17/h7-8H,5H2,1-4H3. The molecule has 2 aromatic rings. The predicted octanol–water partition coefficient (Wildman–Crippen LogP) is 3.34. The average molecular weight is 290 g/mol. The van der Waals surface area contributed by atoms with Crippen molar-refractivity contribution in [3.05, 3.63) is 28.4 Å². The molecular weight excluding hydrogens is 274 g/mol. The van der Waals surface area contributed by atoms with Crippen molar-refractivity contribution in [1.82, 2.24) is 4.98 Å². The van der Waals surface area contributed by atoms with Crippen molar-refractivity contribution in [2.45, 2.75) is 13.3 Å². The van der Waals surface area contributed by atoms with Crippen molar-refractivity contribution in [3.63, 3.8) is 0 Å². The van der Waals surface area contributed by atoms with Crippen LogP contribution in [-0.2, 0) is 6.42 Å². The average Bonchev–Trinajstić information content (AvgIpc) is 2.42. The van der Waals surface area contributed by atoms with Gasteiger partial charge in [0.05, 0.1) is 25.3 Å². The van der Waals surface area contributed by atoms with Crippen molar-refractivity contribution < 1.29 is 4.74 Å². The predicted molar refractivity (Wildman–Crippen MR) is 81.7 cm³/mol. The summed E-state index contributed by atoms with van der Waals surface area (Å²) in [6.45, 7) is 1.96. The van der Waals surface area contributed by atoms with Gasteiger partial charge in [0.2, 0.25) is 0 Å². The molecule has 0 fully saturated rings. The molecular formula is C15H16ClN3O. The van der Waals surface area contributed by atoms with Crippen LogP contribution >= 0.6 is 11.6 Å². The molecule has 2 rings (SSSR count). The second-order valence-corrected chi connectivity index (χ2v) is 5.18. The number of fused-ring (bicyclic) bond motifs is 1. The molecule has 20 heavy (non-hydrogen) atoms. The zero-order chi connectivity index (χ0) is 14.9. The maximum Gasteiger partial charge on any atom is 0.146 e. The van der Waals surface area contributed by atoms with E-state index in [0.29, 0.717) is 10.8 Å². The SMILES string of the molecule is COc1cc(Cl)c(C)c2c(N(C)C)cc(CC#N)nc12. The highest BCUT2D eigenvalue weighted by Gasteiger charge is 2.16. The van der Waals surface area contributed by atoms with E-state index in [1.54, 1.807) is 13.2 Å². The van der Waals surface area contributed by atoms with Gasteiger partial charge in [-0.2, -0.15) is 5.26 Å². The number of nitriles is 1. The number of hydrogen-bond donors (Lipinski definition) is 0. The van der Waals surface area contributed by atoms with Crippen LogP contribution in [0.3, 0.4) is 0 Å². The molecule has 1 aromatic heterocycles. The Bertz CT molecular complexity index is 705. The Labute approximate surface area is 123 Å². The molecule has 0 aliphatic heterocycles. The smallest absolute Gasteiger partial charge is 0.146 e. The highest BCUT2D eigenvalue weighted by atomic mass is 35.5. The molecule has 0 bridgehead atoms. The minimum absolute atomic E-state index is 0.265. The number of methoxy groups -OCH3 is 1. The normalized spacial score (nSPS) is 10.4. The molecule has 0 radical (unpaired) electrons. The van der Waals surface area contributed by atoms with Crippen LogP contribution in [0.15, 0.2) is 12.1 Å². The summed E-state index contributed by atoms with van der Waals surface area (Å²) >= 11 is 6.27. The van der Waals surface area contributed by atoms with Gasteiger partial charge in [0.25, 0.3) is 0 Å². The Hall–Kier alpha value is -1.99. The van der Waals surface area contributed by atoms with Crippen LogP contribution in [0.5, 0.6) is 5.75 Å². The molecule has 0 unspecified atom stereocenters. The fourth-order valence-electron chi connectivity index (χ4n) is 2.22. The topological polar surface area (TPSA) is 49.1 Å². The quantitative estimate of drug-likeness (QED) is 0.869. The third kappa shape index (κ3) is 2.37. The molecule has 0 N–H and O–H groups in total. The summed E-state index contributed by atoms with van der Waals surface area (Å²) < 4.78 is 5.38. The maximum atomic E-state index is 8.89. The number of aromatic nitrogens is 1. The molecule has 0 saturated carbocycles. The Kier molecular flexibility index (Phi) is 4.01. The minimum Gasteiger partial charge on any atom is -0.494 e. The lowest BCUT2D eigenvalue weighted by Gasteiger charge is -2.19. The maximum absolute atomic E-state index is 8.89. The monoisotopic (exact) mass is 289 g/mol. The van der Waals surface area contributed by atoms with Crippen LogP contribution in [0.25, 0.3) is 10.9 Å². The lowest BCUT2D eigenvalue weighted by molar-refractivity contribution is 0.419. The van der Waals surface area contributed by atoms with E-state index in [-0.39, 0.29) is 6.42 Å². The number of ether oxygens (including phenoxy) is 1. The number of aryl methyl sites for hydroxylation is 1. The van der Waals surface area contributed by atoms with Gasteiger partial charge < -0.3 is 9.64 Å². The van der Waals surface area contributed by atoms with Crippen LogP contribution in [0.2, 0.25) is 5.02 Å². The van der Waals surface area contributed by atoms with Crippen molar-refractivity contribution in [1.29, 1.82) is 5.26 Å². The molecule has 0 atom stereocenters. The van der Waals surface area contributed by atoms with Crippen LogP contribution in [-0.4, -0.2) is 26.2 Å².